The standard InChI is InChI=1S/C19H22N2O5S/c1-11(2)20-17(23)16-12(3)15(19(24)25-4)18(27-16)21-14(22)10-26-13-8-6-5-7-9-13/h5-9,11H,10H2,1-4H3,(H,20,23)(H,21,22). The summed E-state index contributed by atoms with van der Waals surface area (Å²) in [6, 6.07) is 8.84. The Morgan fingerprint density at radius 1 is 1.15 bits per heavy atom. The first kappa shape index (κ1) is 20.4. The van der Waals surface area contributed by atoms with E-state index in [0.717, 1.165) is 11.3 Å². The number of nitrogens with one attached hydrogen (secondary N) is 2. The van der Waals surface area contributed by atoms with E-state index in [1.807, 2.05) is 19.9 Å². The van der Waals surface area contributed by atoms with Gasteiger partial charge in [0.1, 0.15) is 10.8 Å². The highest BCUT2D eigenvalue weighted by atomic mass is 32.1. The van der Waals surface area contributed by atoms with Gasteiger partial charge in [0.25, 0.3) is 11.8 Å². The number of para-hydroxylation sites is 1. The molecule has 1 heterocycles. The van der Waals surface area contributed by atoms with E-state index < -0.39 is 11.9 Å². The monoisotopic (exact) mass is 390 g/mol. The van der Waals surface area contributed by atoms with Crippen molar-refractivity contribution in [2.24, 2.45) is 0 Å². The second kappa shape index (κ2) is 9.18. The number of rotatable bonds is 7. The number of anilines is 1. The lowest BCUT2D eigenvalue weighted by molar-refractivity contribution is -0.118. The van der Waals surface area contributed by atoms with Gasteiger partial charge in [-0.15, -0.1) is 11.3 Å². The Morgan fingerprint density at radius 2 is 1.81 bits per heavy atom. The summed E-state index contributed by atoms with van der Waals surface area (Å²) in [6.07, 6.45) is 0. The Hall–Kier alpha value is -2.87. The Balaban J connectivity index is 2.19. The van der Waals surface area contributed by atoms with Crippen LogP contribution in [0, 0.1) is 6.92 Å². The van der Waals surface area contributed by atoms with Crippen LogP contribution < -0.4 is 15.4 Å². The van der Waals surface area contributed by atoms with Crippen LogP contribution in [0.25, 0.3) is 0 Å². The molecule has 0 aliphatic carbocycles. The molecule has 2 amide bonds. The van der Waals surface area contributed by atoms with Gasteiger partial charge in [-0.3, -0.25) is 9.59 Å². The van der Waals surface area contributed by atoms with E-state index in [2.05, 4.69) is 10.6 Å². The molecule has 0 radical (unpaired) electrons. The van der Waals surface area contributed by atoms with Gasteiger partial charge < -0.3 is 20.1 Å². The van der Waals surface area contributed by atoms with Gasteiger partial charge in [-0.2, -0.15) is 0 Å². The van der Waals surface area contributed by atoms with Crippen molar-refractivity contribution in [1.29, 1.82) is 0 Å². The van der Waals surface area contributed by atoms with Crippen LogP contribution in [0.4, 0.5) is 5.00 Å². The zero-order chi connectivity index (χ0) is 20.0. The summed E-state index contributed by atoms with van der Waals surface area (Å²) in [5.41, 5.74) is 0.633. The average molecular weight is 390 g/mol. The van der Waals surface area contributed by atoms with Crippen LogP contribution in [-0.4, -0.2) is 37.5 Å². The van der Waals surface area contributed by atoms with Gasteiger partial charge in [0.15, 0.2) is 6.61 Å². The Bertz CT molecular complexity index is 830. The molecule has 0 bridgehead atoms. The lowest BCUT2D eigenvalue weighted by Crippen LogP contribution is -2.29. The van der Waals surface area contributed by atoms with E-state index in [4.69, 9.17) is 9.47 Å². The van der Waals surface area contributed by atoms with E-state index >= 15 is 0 Å². The fourth-order valence-electron chi connectivity index (χ4n) is 2.32. The molecule has 0 unspecified atom stereocenters. The van der Waals surface area contributed by atoms with E-state index in [1.165, 1.54) is 7.11 Å². The minimum absolute atomic E-state index is 0.0575. The molecule has 0 atom stereocenters. The van der Waals surface area contributed by atoms with Gasteiger partial charge in [-0.25, -0.2) is 4.79 Å². The second-order valence-corrected chi connectivity index (χ2v) is 7.05. The summed E-state index contributed by atoms with van der Waals surface area (Å²) in [5, 5.41) is 5.68. The molecular weight excluding hydrogens is 368 g/mol. The van der Waals surface area contributed by atoms with Crippen molar-refractivity contribution >= 4 is 34.1 Å². The van der Waals surface area contributed by atoms with Crippen molar-refractivity contribution in [3.05, 3.63) is 46.3 Å². The Morgan fingerprint density at radius 3 is 2.41 bits per heavy atom. The van der Waals surface area contributed by atoms with Gasteiger partial charge in [0.2, 0.25) is 0 Å². The summed E-state index contributed by atoms with van der Waals surface area (Å²) < 4.78 is 10.2. The molecule has 7 nitrogen and oxygen atoms in total. The summed E-state index contributed by atoms with van der Waals surface area (Å²) in [6.45, 7) is 5.10. The van der Waals surface area contributed by atoms with Crippen molar-refractivity contribution in [2.45, 2.75) is 26.8 Å². The van der Waals surface area contributed by atoms with Gasteiger partial charge in [-0.1, -0.05) is 18.2 Å². The van der Waals surface area contributed by atoms with Crippen LogP contribution >= 0.6 is 11.3 Å². The molecule has 2 N–H and O–H groups in total. The van der Waals surface area contributed by atoms with Gasteiger partial charge >= 0.3 is 5.97 Å². The maximum atomic E-state index is 12.4. The average Bonchev–Trinajstić information content (AvgIpc) is 2.95. The maximum absolute atomic E-state index is 12.4. The van der Waals surface area contributed by atoms with Crippen LogP contribution in [0.3, 0.4) is 0 Å². The third-order valence-electron chi connectivity index (χ3n) is 3.53. The summed E-state index contributed by atoms with van der Waals surface area (Å²) >= 11 is 1.03. The van der Waals surface area contributed by atoms with Crippen LogP contribution in [0.5, 0.6) is 5.75 Å². The van der Waals surface area contributed by atoms with Crippen molar-refractivity contribution in [2.75, 3.05) is 19.0 Å². The zero-order valence-electron chi connectivity index (χ0n) is 15.6. The maximum Gasteiger partial charge on any atom is 0.341 e. The number of ether oxygens (including phenoxy) is 2. The minimum Gasteiger partial charge on any atom is -0.484 e. The van der Waals surface area contributed by atoms with Gasteiger partial charge in [0.05, 0.1) is 17.6 Å². The molecule has 0 saturated heterocycles. The van der Waals surface area contributed by atoms with Crippen LogP contribution in [0.1, 0.15) is 39.4 Å². The van der Waals surface area contributed by atoms with Gasteiger partial charge in [0, 0.05) is 6.04 Å². The molecular formula is C19H22N2O5S. The quantitative estimate of drug-likeness (QED) is 0.709. The second-order valence-electron chi connectivity index (χ2n) is 6.03. The molecule has 0 fully saturated rings. The minimum atomic E-state index is -0.619. The van der Waals surface area contributed by atoms with Gasteiger partial charge in [-0.05, 0) is 38.5 Å². The highest BCUT2D eigenvalue weighted by Gasteiger charge is 2.26. The highest BCUT2D eigenvalue weighted by molar-refractivity contribution is 7.18. The predicted molar refractivity (Wildman–Crippen MR) is 104 cm³/mol. The number of carbonyl (C=O) groups is 3. The van der Waals surface area contributed by atoms with Crippen molar-refractivity contribution in [3.8, 4) is 5.75 Å². The van der Waals surface area contributed by atoms with Crippen molar-refractivity contribution in [1.82, 2.24) is 5.32 Å². The highest BCUT2D eigenvalue weighted by Crippen LogP contribution is 2.33. The van der Waals surface area contributed by atoms with E-state index in [-0.39, 0.29) is 29.1 Å². The molecule has 2 rings (SSSR count). The normalized spacial score (nSPS) is 10.4. The van der Waals surface area contributed by atoms with E-state index in [0.29, 0.717) is 16.2 Å². The van der Waals surface area contributed by atoms with E-state index in [9.17, 15) is 14.4 Å². The molecule has 144 valence electrons. The number of esters is 1. The summed E-state index contributed by atoms with van der Waals surface area (Å²) in [5.74, 6) is -0.813. The molecule has 8 heteroatoms. The lowest BCUT2D eigenvalue weighted by atomic mass is 10.1. The number of carbonyl (C=O) groups excluding carboxylic acids is 3. The SMILES string of the molecule is COC(=O)c1c(NC(=O)COc2ccccc2)sc(C(=O)NC(C)C)c1C. The lowest BCUT2D eigenvalue weighted by Gasteiger charge is -2.07. The smallest absolute Gasteiger partial charge is 0.341 e. The summed E-state index contributed by atoms with van der Waals surface area (Å²) in [7, 11) is 1.25. The number of benzene rings is 1. The largest absolute Gasteiger partial charge is 0.484 e. The Kier molecular flexibility index (Phi) is 6.95. The topological polar surface area (TPSA) is 93.7 Å². The number of hydrogen-bond donors (Lipinski definition) is 2. The summed E-state index contributed by atoms with van der Waals surface area (Å²) in [4.78, 5) is 37.1. The molecule has 0 aliphatic rings. The van der Waals surface area contributed by atoms with E-state index in [1.54, 1.807) is 31.2 Å². The molecule has 1 aromatic heterocycles. The first-order valence-electron chi connectivity index (χ1n) is 8.33. The van der Waals surface area contributed by atoms with Crippen LogP contribution in [-0.2, 0) is 9.53 Å². The third kappa shape index (κ3) is 5.30. The first-order chi connectivity index (χ1) is 12.8. The number of methoxy groups -OCH3 is 1. The number of thiophene rings is 1. The molecule has 0 saturated carbocycles. The zero-order valence-corrected chi connectivity index (χ0v) is 16.4. The molecule has 2 aromatic rings. The predicted octanol–water partition coefficient (Wildman–Crippen LogP) is 3.00. The third-order valence-corrected chi connectivity index (χ3v) is 4.73. The Labute approximate surface area is 161 Å². The fourth-order valence-corrected chi connectivity index (χ4v) is 3.44. The van der Waals surface area contributed by atoms with Crippen molar-refractivity contribution in [3.63, 3.8) is 0 Å². The van der Waals surface area contributed by atoms with Crippen LogP contribution in [0.15, 0.2) is 30.3 Å². The van der Waals surface area contributed by atoms with Crippen molar-refractivity contribution < 1.29 is 23.9 Å². The first-order valence-corrected chi connectivity index (χ1v) is 9.15. The number of hydrogen-bond acceptors (Lipinski definition) is 6. The molecule has 0 aliphatic heterocycles. The van der Waals surface area contributed by atoms with Crippen LogP contribution in [0.2, 0.25) is 0 Å². The fraction of sp³-hybridized carbons (Fsp3) is 0.316. The molecule has 0 spiro atoms. The number of amides is 2. The molecule has 27 heavy (non-hydrogen) atoms. The molecule has 1 aromatic carbocycles.